The van der Waals surface area contributed by atoms with Crippen LogP contribution in [0.1, 0.15) is 57.4 Å². The van der Waals surface area contributed by atoms with Crippen LogP contribution in [0.5, 0.6) is 0 Å². The molecule has 0 aromatic heterocycles. The standard InChI is InChI=1S/C17H26IN/c1-2-3-4-14-9-11-17(19,12-10-14)13-15-5-7-16(18)8-6-15/h5-8,14H,2-4,9-13,19H2,1H3. The lowest BCUT2D eigenvalue weighted by Gasteiger charge is -2.37. The molecule has 0 bridgehead atoms. The maximum absolute atomic E-state index is 6.62. The minimum absolute atomic E-state index is 0.0511. The molecular weight excluding hydrogens is 345 g/mol. The summed E-state index contributed by atoms with van der Waals surface area (Å²) in [5.41, 5.74) is 8.07. The maximum Gasteiger partial charge on any atom is 0.0195 e. The second-order valence-corrected chi connectivity index (χ2v) is 7.50. The van der Waals surface area contributed by atoms with E-state index in [1.807, 2.05) is 0 Å². The maximum atomic E-state index is 6.62. The van der Waals surface area contributed by atoms with Crippen LogP contribution in [0.25, 0.3) is 0 Å². The summed E-state index contributed by atoms with van der Waals surface area (Å²) in [6, 6.07) is 8.84. The van der Waals surface area contributed by atoms with Crippen molar-refractivity contribution < 1.29 is 0 Å². The highest BCUT2D eigenvalue weighted by molar-refractivity contribution is 14.1. The molecule has 1 fully saturated rings. The lowest BCUT2D eigenvalue weighted by molar-refractivity contribution is 0.221. The number of nitrogens with two attached hydrogens (primary N) is 1. The molecule has 1 nitrogen and oxygen atoms in total. The first-order valence-corrected chi connectivity index (χ1v) is 8.72. The number of benzene rings is 1. The van der Waals surface area contributed by atoms with Crippen LogP contribution in [0.4, 0.5) is 0 Å². The van der Waals surface area contributed by atoms with Gasteiger partial charge in [0.1, 0.15) is 0 Å². The highest BCUT2D eigenvalue weighted by Crippen LogP contribution is 2.35. The molecule has 106 valence electrons. The number of hydrogen-bond donors (Lipinski definition) is 1. The van der Waals surface area contributed by atoms with Crippen molar-refractivity contribution in [2.45, 2.75) is 63.8 Å². The van der Waals surface area contributed by atoms with Gasteiger partial charge in [-0.1, -0.05) is 38.3 Å². The van der Waals surface area contributed by atoms with Crippen molar-refractivity contribution in [1.82, 2.24) is 0 Å². The van der Waals surface area contributed by atoms with E-state index < -0.39 is 0 Å². The third-order valence-corrected chi connectivity index (χ3v) is 5.26. The zero-order chi connectivity index (χ0) is 13.7. The fourth-order valence-corrected chi connectivity index (χ4v) is 3.58. The SMILES string of the molecule is CCCCC1CCC(N)(Cc2ccc(I)cc2)CC1. The molecule has 1 aromatic carbocycles. The van der Waals surface area contributed by atoms with Crippen molar-refractivity contribution in [3.05, 3.63) is 33.4 Å². The van der Waals surface area contributed by atoms with Crippen LogP contribution in [-0.4, -0.2) is 5.54 Å². The van der Waals surface area contributed by atoms with Gasteiger partial charge in [-0.15, -0.1) is 0 Å². The van der Waals surface area contributed by atoms with Crippen molar-refractivity contribution >= 4 is 22.6 Å². The quantitative estimate of drug-likeness (QED) is 0.731. The molecule has 2 N–H and O–H groups in total. The summed E-state index contributed by atoms with van der Waals surface area (Å²) in [5.74, 6) is 0.938. The molecule has 0 amide bonds. The van der Waals surface area contributed by atoms with Gasteiger partial charge in [0.15, 0.2) is 0 Å². The zero-order valence-electron chi connectivity index (χ0n) is 12.0. The average Bonchev–Trinajstić information content (AvgIpc) is 2.41. The second kappa shape index (κ2) is 7.07. The van der Waals surface area contributed by atoms with Gasteiger partial charge < -0.3 is 5.73 Å². The van der Waals surface area contributed by atoms with E-state index in [0.717, 1.165) is 12.3 Å². The lowest BCUT2D eigenvalue weighted by atomic mass is 9.73. The Morgan fingerprint density at radius 2 is 1.84 bits per heavy atom. The van der Waals surface area contributed by atoms with Gasteiger partial charge >= 0.3 is 0 Å². The van der Waals surface area contributed by atoms with Crippen molar-refractivity contribution in [1.29, 1.82) is 0 Å². The Balaban J connectivity index is 1.85. The Kier molecular flexibility index (Phi) is 5.70. The molecule has 1 aromatic rings. The number of halogens is 1. The first kappa shape index (κ1) is 15.3. The number of hydrogen-bond acceptors (Lipinski definition) is 1. The fraction of sp³-hybridized carbons (Fsp3) is 0.647. The van der Waals surface area contributed by atoms with Gasteiger partial charge in [0.05, 0.1) is 0 Å². The fourth-order valence-electron chi connectivity index (χ4n) is 3.22. The number of unbranched alkanes of at least 4 members (excludes halogenated alkanes) is 1. The first-order chi connectivity index (χ1) is 9.11. The van der Waals surface area contributed by atoms with E-state index in [1.54, 1.807) is 0 Å². The Hall–Kier alpha value is -0.0900. The van der Waals surface area contributed by atoms with E-state index >= 15 is 0 Å². The van der Waals surface area contributed by atoms with Crippen LogP contribution in [0.15, 0.2) is 24.3 Å². The summed E-state index contributed by atoms with van der Waals surface area (Å²) < 4.78 is 1.30. The molecule has 1 aliphatic rings. The van der Waals surface area contributed by atoms with E-state index in [-0.39, 0.29) is 5.54 Å². The van der Waals surface area contributed by atoms with E-state index in [1.165, 1.54) is 54.1 Å². The second-order valence-electron chi connectivity index (χ2n) is 6.25. The normalized spacial score (nSPS) is 27.4. The molecule has 0 saturated heterocycles. The first-order valence-electron chi connectivity index (χ1n) is 7.65. The van der Waals surface area contributed by atoms with Crippen LogP contribution in [0.3, 0.4) is 0 Å². The molecule has 0 spiro atoms. The van der Waals surface area contributed by atoms with Crippen molar-refractivity contribution in [2.24, 2.45) is 11.7 Å². The van der Waals surface area contributed by atoms with Crippen LogP contribution >= 0.6 is 22.6 Å². The zero-order valence-corrected chi connectivity index (χ0v) is 14.2. The summed E-state index contributed by atoms with van der Waals surface area (Å²) >= 11 is 2.35. The van der Waals surface area contributed by atoms with Crippen molar-refractivity contribution in [3.8, 4) is 0 Å². The molecule has 1 saturated carbocycles. The van der Waals surface area contributed by atoms with Gasteiger partial charge in [-0.25, -0.2) is 0 Å². The van der Waals surface area contributed by atoms with E-state index in [2.05, 4.69) is 53.8 Å². The minimum atomic E-state index is 0.0511. The highest BCUT2D eigenvalue weighted by Gasteiger charge is 2.31. The number of rotatable bonds is 5. The molecule has 1 aliphatic carbocycles. The molecule has 0 aliphatic heterocycles. The molecule has 2 rings (SSSR count). The topological polar surface area (TPSA) is 26.0 Å². The molecule has 0 unspecified atom stereocenters. The summed E-state index contributed by atoms with van der Waals surface area (Å²) in [6.07, 6.45) is 10.2. The smallest absolute Gasteiger partial charge is 0.0195 e. The Morgan fingerprint density at radius 1 is 1.21 bits per heavy atom. The van der Waals surface area contributed by atoms with Crippen LogP contribution in [0.2, 0.25) is 0 Å². The van der Waals surface area contributed by atoms with Crippen molar-refractivity contribution in [2.75, 3.05) is 0 Å². The van der Waals surface area contributed by atoms with Crippen LogP contribution in [0, 0.1) is 9.49 Å². The Bertz CT molecular complexity index is 377. The summed E-state index contributed by atoms with van der Waals surface area (Å²) in [7, 11) is 0. The predicted octanol–water partition coefficient (Wildman–Crippen LogP) is 4.91. The van der Waals surface area contributed by atoms with Gasteiger partial charge in [0, 0.05) is 9.11 Å². The van der Waals surface area contributed by atoms with Crippen LogP contribution in [-0.2, 0) is 6.42 Å². The third kappa shape index (κ3) is 4.75. The lowest BCUT2D eigenvalue weighted by Crippen LogP contribution is -2.45. The summed E-state index contributed by atoms with van der Waals surface area (Å²) in [5, 5.41) is 0. The summed E-state index contributed by atoms with van der Waals surface area (Å²) in [4.78, 5) is 0. The highest BCUT2D eigenvalue weighted by atomic mass is 127. The molecule has 0 radical (unpaired) electrons. The van der Waals surface area contributed by atoms with E-state index in [9.17, 15) is 0 Å². The van der Waals surface area contributed by atoms with Crippen LogP contribution < -0.4 is 5.73 Å². The van der Waals surface area contributed by atoms with Gasteiger partial charge in [0.25, 0.3) is 0 Å². The van der Waals surface area contributed by atoms with Gasteiger partial charge in [-0.05, 0) is 78.3 Å². The third-order valence-electron chi connectivity index (χ3n) is 4.54. The van der Waals surface area contributed by atoms with Gasteiger partial charge in [-0.2, -0.15) is 0 Å². The Labute approximate surface area is 131 Å². The predicted molar refractivity (Wildman–Crippen MR) is 91.3 cm³/mol. The molecule has 2 heteroatoms. The van der Waals surface area contributed by atoms with Gasteiger partial charge in [-0.3, -0.25) is 0 Å². The minimum Gasteiger partial charge on any atom is -0.325 e. The van der Waals surface area contributed by atoms with E-state index in [0.29, 0.717) is 0 Å². The monoisotopic (exact) mass is 371 g/mol. The summed E-state index contributed by atoms with van der Waals surface area (Å²) in [6.45, 7) is 2.28. The van der Waals surface area contributed by atoms with Crippen molar-refractivity contribution in [3.63, 3.8) is 0 Å². The molecular formula is C17H26IN. The molecule has 0 atom stereocenters. The van der Waals surface area contributed by atoms with Gasteiger partial charge in [0.2, 0.25) is 0 Å². The molecule has 19 heavy (non-hydrogen) atoms. The van der Waals surface area contributed by atoms with E-state index in [4.69, 9.17) is 5.73 Å². The molecule has 0 heterocycles. The average molecular weight is 371 g/mol. The Morgan fingerprint density at radius 3 is 2.42 bits per heavy atom. The largest absolute Gasteiger partial charge is 0.325 e.